The van der Waals surface area contributed by atoms with Crippen molar-refractivity contribution in [3.63, 3.8) is 0 Å². The Labute approximate surface area is 142 Å². The molecule has 2 N–H and O–H groups in total. The minimum Gasteiger partial charge on any atom is -0.493 e. The van der Waals surface area contributed by atoms with Gasteiger partial charge in [0.05, 0.1) is 18.7 Å². The maximum atomic E-state index is 12.1. The van der Waals surface area contributed by atoms with Gasteiger partial charge < -0.3 is 20.1 Å². The third-order valence-electron chi connectivity index (χ3n) is 3.36. The third kappa shape index (κ3) is 4.66. The molecule has 0 aliphatic carbocycles. The Morgan fingerprint density at radius 1 is 1.45 bits per heavy atom. The van der Waals surface area contributed by atoms with Crippen LogP contribution < -0.4 is 20.1 Å². The molecule has 1 saturated heterocycles. The van der Waals surface area contributed by atoms with Crippen molar-refractivity contribution in [2.75, 3.05) is 33.4 Å². The molecule has 1 aromatic carbocycles. The molecule has 1 aromatic rings. The number of halogens is 2. The van der Waals surface area contributed by atoms with Crippen molar-refractivity contribution in [2.24, 2.45) is 5.92 Å². The predicted molar refractivity (Wildman–Crippen MR) is 89.7 cm³/mol. The number of carbonyl (C=O) groups excluding carboxylic acids is 1. The van der Waals surface area contributed by atoms with Crippen molar-refractivity contribution >= 4 is 29.9 Å². The molecule has 1 fully saturated rings. The van der Waals surface area contributed by atoms with E-state index in [0.29, 0.717) is 41.2 Å². The minimum absolute atomic E-state index is 0. The van der Waals surface area contributed by atoms with Crippen LogP contribution in [0.25, 0.3) is 0 Å². The van der Waals surface area contributed by atoms with E-state index in [1.807, 2.05) is 6.92 Å². The number of ether oxygens (including phenoxy) is 2. The van der Waals surface area contributed by atoms with Crippen molar-refractivity contribution in [3.8, 4) is 11.5 Å². The summed E-state index contributed by atoms with van der Waals surface area (Å²) < 4.78 is 10.8. The van der Waals surface area contributed by atoms with E-state index in [0.717, 1.165) is 19.5 Å². The van der Waals surface area contributed by atoms with Crippen molar-refractivity contribution in [1.82, 2.24) is 10.6 Å². The Balaban J connectivity index is 0.00000242. The Morgan fingerprint density at radius 3 is 2.73 bits per heavy atom. The number of rotatable bonds is 7. The first kappa shape index (κ1) is 18.9. The minimum atomic E-state index is -0.149. The fraction of sp³-hybridized carbons (Fsp3) is 0.533. The smallest absolute Gasteiger partial charge is 0.251 e. The number of nitrogens with one attached hydrogen (secondary N) is 2. The van der Waals surface area contributed by atoms with Crippen LogP contribution in [0.2, 0.25) is 5.02 Å². The molecule has 0 saturated carbocycles. The van der Waals surface area contributed by atoms with E-state index in [-0.39, 0.29) is 18.3 Å². The van der Waals surface area contributed by atoms with Crippen LogP contribution in [-0.4, -0.2) is 39.3 Å². The van der Waals surface area contributed by atoms with Gasteiger partial charge in [0, 0.05) is 31.1 Å². The van der Waals surface area contributed by atoms with E-state index in [2.05, 4.69) is 10.6 Å². The molecular weight excluding hydrogens is 327 g/mol. The Morgan fingerprint density at radius 2 is 2.18 bits per heavy atom. The molecule has 22 heavy (non-hydrogen) atoms. The second kappa shape index (κ2) is 9.08. The van der Waals surface area contributed by atoms with Gasteiger partial charge in [0.1, 0.15) is 0 Å². The number of benzene rings is 1. The largest absolute Gasteiger partial charge is 0.493 e. The molecule has 1 heterocycles. The highest BCUT2D eigenvalue weighted by molar-refractivity contribution is 6.32. The summed E-state index contributed by atoms with van der Waals surface area (Å²) in [7, 11) is 1.53. The average Bonchev–Trinajstić information content (AvgIpc) is 2.43. The molecule has 0 unspecified atom stereocenters. The molecule has 5 nitrogen and oxygen atoms in total. The first-order chi connectivity index (χ1) is 10.2. The summed E-state index contributed by atoms with van der Waals surface area (Å²) in [6.45, 7) is 5.13. The zero-order valence-electron chi connectivity index (χ0n) is 12.8. The molecule has 0 radical (unpaired) electrons. The van der Waals surface area contributed by atoms with Crippen LogP contribution >= 0.6 is 24.0 Å². The maximum Gasteiger partial charge on any atom is 0.251 e. The quantitative estimate of drug-likeness (QED) is 0.794. The van der Waals surface area contributed by atoms with E-state index in [1.54, 1.807) is 12.1 Å². The summed E-state index contributed by atoms with van der Waals surface area (Å²) in [5, 5.41) is 6.47. The monoisotopic (exact) mass is 348 g/mol. The predicted octanol–water partition coefficient (Wildman–Crippen LogP) is 2.51. The summed E-state index contributed by atoms with van der Waals surface area (Å²) in [6, 6.07) is 3.27. The molecule has 1 amide bonds. The lowest BCUT2D eigenvalue weighted by atomic mass is 10.0. The normalized spacial score (nSPS) is 13.8. The van der Waals surface area contributed by atoms with Gasteiger partial charge in [0.15, 0.2) is 11.5 Å². The van der Waals surface area contributed by atoms with Crippen molar-refractivity contribution < 1.29 is 14.3 Å². The van der Waals surface area contributed by atoms with Gasteiger partial charge in [0.25, 0.3) is 5.91 Å². The highest BCUT2D eigenvalue weighted by Gasteiger charge is 2.19. The number of amides is 1. The zero-order chi connectivity index (χ0) is 15.2. The Hall–Kier alpha value is -1.17. The molecule has 1 aliphatic heterocycles. The Kier molecular flexibility index (Phi) is 7.79. The van der Waals surface area contributed by atoms with Gasteiger partial charge in [-0.3, -0.25) is 4.79 Å². The van der Waals surface area contributed by atoms with Gasteiger partial charge in [-0.15, -0.1) is 12.4 Å². The van der Waals surface area contributed by atoms with Gasteiger partial charge in [-0.25, -0.2) is 0 Å². The summed E-state index contributed by atoms with van der Waals surface area (Å²) in [5.41, 5.74) is 0.480. The van der Waals surface area contributed by atoms with Crippen molar-refractivity contribution in [1.29, 1.82) is 0 Å². The number of hydrogen-bond acceptors (Lipinski definition) is 4. The van der Waals surface area contributed by atoms with E-state index in [1.165, 1.54) is 7.11 Å². The van der Waals surface area contributed by atoms with Crippen LogP contribution in [0.1, 0.15) is 23.7 Å². The highest BCUT2D eigenvalue weighted by atomic mass is 35.5. The summed E-state index contributed by atoms with van der Waals surface area (Å²) in [4.78, 5) is 12.1. The van der Waals surface area contributed by atoms with Crippen LogP contribution in [0, 0.1) is 5.92 Å². The molecule has 124 valence electrons. The first-order valence-electron chi connectivity index (χ1n) is 7.15. The van der Waals surface area contributed by atoms with Crippen LogP contribution in [0.5, 0.6) is 11.5 Å². The van der Waals surface area contributed by atoms with Crippen LogP contribution in [-0.2, 0) is 0 Å². The lowest BCUT2D eigenvalue weighted by Crippen LogP contribution is -2.48. The zero-order valence-corrected chi connectivity index (χ0v) is 14.4. The fourth-order valence-corrected chi connectivity index (χ4v) is 2.29. The lowest BCUT2D eigenvalue weighted by molar-refractivity contribution is 0.0942. The topological polar surface area (TPSA) is 59.6 Å². The maximum absolute atomic E-state index is 12.1. The van der Waals surface area contributed by atoms with Crippen molar-refractivity contribution in [3.05, 3.63) is 22.7 Å². The molecule has 0 spiro atoms. The van der Waals surface area contributed by atoms with Crippen LogP contribution in [0.4, 0.5) is 0 Å². The van der Waals surface area contributed by atoms with Crippen molar-refractivity contribution in [2.45, 2.75) is 13.3 Å². The average molecular weight is 349 g/mol. The van der Waals surface area contributed by atoms with E-state index in [4.69, 9.17) is 21.1 Å². The summed E-state index contributed by atoms with van der Waals surface area (Å²) >= 11 is 6.20. The highest BCUT2D eigenvalue weighted by Crippen LogP contribution is 2.36. The number of carbonyl (C=O) groups is 1. The van der Waals surface area contributed by atoms with Gasteiger partial charge in [-0.1, -0.05) is 18.5 Å². The van der Waals surface area contributed by atoms with Gasteiger partial charge in [-0.2, -0.15) is 0 Å². The SMILES string of the molecule is CCCOc1c(Cl)cc(C(=O)NCC2CNC2)cc1OC.Cl. The fourth-order valence-electron chi connectivity index (χ4n) is 2.03. The van der Waals surface area contributed by atoms with Crippen LogP contribution in [0.15, 0.2) is 12.1 Å². The molecule has 1 aliphatic rings. The molecule has 0 aromatic heterocycles. The van der Waals surface area contributed by atoms with E-state index in [9.17, 15) is 4.79 Å². The lowest BCUT2D eigenvalue weighted by Gasteiger charge is -2.27. The first-order valence-corrected chi connectivity index (χ1v) is 7.52. The molecule has 0 bridgehead atoms. The molecule has 7 heteroatoms. The second-order valence-electron chi connectivity index (χ2n) is 5.07. The number of hydrogen-bond donors (Lipinski definition) is 2. The summed E-state index contributed by atoms with van der Waals surface area (Å²) in [6.07, 6.45) is 0.872. The summed E-state index contributed by atoms with van der Waals surface area (Å²) in [5.74, 6) is 1.33. The number of methoxy groups -OCH3 is 1. The standard InChI is InChI=1S/C15H21ClN2O3.ClH/c1-3-4-21-14-12(16)5-11(6-13(14)20-2)15(19)18-9-10-7-17-8-10;/h5-6,10,17H,3-4,7-9H2,1-2H3,(H,18,19);1H. The van der Waals surface area contributed by atoms with E-state index >= 15 is 0 Å². The van der Waals surface area contributed by atoms with Gasteiger partial charge in [0.2, 0.25) is 0 Å². The van der Waals surface area contributed by atoms with Gasteiger partial charge in [-0.05, 0) is 18.6 Å². The van der Waals surface area contributed by atoms with Crippen LogP contribution in [0.3, 0.4) is 0 Å². The molecular formula is C15H22Cl2N2O3. The molecule has 0 atom stereocenters. The van der Waals surface area contributed by atoms with Gasteiger partial charge >= 0.3 is 0 Å². The third-order valence-corrected chi connectivity index (χ3v) is 3.64. The van der Waals surface area contributed by atoms with E-state index < -0.39 is 0 Å². The Bertz CT molecular complexity index is 508. The second-order valence-corrected chi connectivity index (χ2v) is 5.48. The molecule has 2 rings (SSSR count).